The number of hydrogen-bond acceptors (Lipinski definition) is 4. The first kappa shape index (κ1) is 28.0. The van der Waals surface area contributed by atoms with Crippen LogP contribution in [0, 0.1) is 6.92 Å². The van der Waals surface area contributed by atoms with Gasteiger partial charge in [0, 0.05) is 32.6 Å². The minimum Gasteiger partial charge on any atom is -0.493 e. The van der Waals surface area contributed by atoms with Crippen LogP contribution < -0.4 is 14.9 Å². The second kappa shape index (κ2) is 12.8. The molecular formula is C33H27Cl2N3O3. The molecule has 1 aromatic heterocycles. The smallest absolute Gasteiger partial charge is 0.271 e. The van der Waals surface area contributed by atoms with Gasteiger partial charge in [-0.15, -0.1) is 0 Å². The Kier molecular flexibility index (Phi) is 8.73. The van der Waals surface area contributed by atoms with E-state index in [0.717, 1.165) is 33.8 Å². The molecule has 0 aliphatic heterocycles. The third-order valence-corrected chi connectivity index (χ3v) is 7.09. The predicted octanol–water partition coefficient (Wildman–Crippen LogP) is 8.11. The number of hydrogen-bond donors (Lipinski definition) is 1. The van der Waals surface area contributed by atoms with Crippen molar-refractivity contribution in [2.24, 2.45) is 5.10 Å². The molecule has 6 nitrogen and oxygen atoms in total. The highest BCUT2D eigenvalue weighted by molar-refractivity contribution is 6.35. The molecule has 206 valence electrons. The van der Waals surface area contributed by atoms with Crippen LogP contribution in [0.25, 0.3) is 16.9 Å². The fraction of sp³-hybridized carbons (Fsp3) is 0.0909. The van der Waals surface area contributed by atoms with Gasteiger partial charge in [0.05, 0.1) is 19.0 Å². The number of aromatic nitrogens is 1. The lowest BCUT2D eigenvalue weighted by molar-refractivity contribution is 0.0955. The minimum absolute atomic E-state index is 0.256. The van der Waals surface area contributed by atoms with E-state index < -0.39 is 0 Å². The molecule has 8 heteroatoms. The number of benzene rings is 4. The van der Waals surface area contributed by atoms with Crippen molar-refractivity contribution < 1.29 is 14.3 Å². The van der Waals surface area contributed by atoms with Crippen LogP contribution in [-0.4, -0.2) is 23.8 Å². The SMILES string of the molecule is COc1cc(/C=N/NC(=O)c2ccc(-n3c(C)ccc3-c3ccccc3)cc2)ccc1OCc1ccc(Cl)cc1Cl. The Morgan fingerprint density at radius 2 is 1.68 bits per heavy atom. The van der Waals surface area contributed by atoms with Gasteiger partial charge in [-0.3, -0.25) is 4.79 Å². The summed E-state index contributed by atoms with van der Waals surface area (Å²) in [6.45, 7) is 2.32. The van der Waals surface area contributed by atoms with E-state index in [9.17, 15) is 4.79 Å². The molecule has 0 spiro atoms. The van der Waals surface area contributed by atoms with Gasteiger partial charge in [0.15, 0.2) is 11.5 Å². The lowest BCUT2D eigenvalue weighted by atomic mass is 10.1. The highest BCUT2D eigenvalue weighted by Gasteiger charge is 2.11. The van der Waals surface area contributed by atoms with Crippen LogP contribution in [0.5, 0.6) is 11.5 Å². The van der Waals surface area contributed by atoms with Gasteiger partial charge in [0.1, 0.15) is 6.61 Å². The molecular weight excluding hydrogens is 557 g/mol. The topological polar surface area (TPSA) is 64.8 Å². The first-order valence-corrected chi connectivity index (χ1v) is 13.6. The molecule has 0 aliphatic carbocycles. The largest absolute Gasteiger partial charge is 0.493 e. The molecule has 41 heavy (non-hydrogen) atoms. The Bertz CT molecular complexity index is 1700. The average molecular weight is 585 g/mol. The third-order valence-electron chi connectivity index (χ3n) is 6.50. The summed E-state index contributed by atoms with van der Waals surface area (Å²) in [4.78, 5) is 12.7. The van der Waals surface area contributed by atoms with E-state index in [4.69, 9.17) is 32.7 Å². The van der Waals surface area contributed by atoms with E-state index in [0.29, 0.717) is 27.1 Å². The van der Waals surface area contributed by atoms with Gasteiger partial charge in [-0.25, -0.2) is 5.43 Å². The van der Waals surface area contributed by atoms with Gasteiger partial charge < -0.3 is 14.0 Å². The van der Waals surface area contributed by atoms with Crippen LogP contribution in [0.1, 0.15) is 27.2 Å². The second-order valence-corrected chi connectivity index (χ2v) is 10.1. The number of aryl methyl sites for hydroxylation is 1. The molecule has 0 saturated carbocycles. The maximum atomic E-state index is 12.7. The number of rotatable bonds is 9. The van der Waals surface area contributed by atoms with Crippen molar-refractivity contribution in [2.45, 2.75) is 13.5 Å². The van der Waals surface area contributed by atoms with Crippen molar-refractivity contribution in [1.82, 2.24) is 9.99 Å². The molecule has 1 heterocycles. The number of amides is 1. The quantitative estimate of drug-likeness (QED) is 0.141. The summed E-state index contributed by atoms with van der Waals surface area (Å²) >= 11 is 12.2. The lowest BCUT2D eigenvalue weighted by Crippen LogP contribution is -2.17. The lowest BCUT2D eigenvalue weighted by Gasteiger charge is -2.13. The van der Waals surface area contributed by atoms with Gasteiger partial charge in [0.25, 0.3) is 5.91 Å². The Labute approximate surface area is 248 Å². The summed E-state index contributed by atoms with van der Waals surface area (Å²) in [6, 6.07) is 32.4. The number of carbonyl (C=O) groups is 1. The zero-order valence-electron chi connectivity index (χ0n) is 22.5. The van der Waals surface area contributed by atoms with E-state index in [1.165, 1.54) is 0 Å². The zero-order chi connectivity index (χ0) is 28.8. The van der Waals surface area contributed by atoms with Crippen LogP contribution in [0.15, 0.2) is 108 Å². The van der Waals surface area contributed by atoms with E-state index >= 15 is 0 Å². The van der Waals surface area contributed by atoms with Crippen molar-refractivity contribution in [3.05, 3.63) is 136 Å². The highest BCUT2D eigenvalue weighted by atomic mass is 35.5. The fourth-order valence-corrected chi connectivity index (χ4v) is 4.85. The molecule has 0 unspecified atom stereocenters. The highest BCUT2D eigenvalue weighted by Crippen LogP contribution is 2.30. The first-order chi connectivity index (χ1) is 19.9. The molecule has 0 radical (unpaired) electrons. The maximum Gasteiger partial charge on any atom is 0.271 e. The minimum atomic E-state index is -0.313. The average Bonchev–Trinajstić information content (AvgIpc) is 3.38. The number of hydrazone groups is 1. The Balaban J connectivity index is 1.22. The molecule has 5 aromatic rings. The van der Waals surface area contributed by atoms with Crippen molar-refractivity contribution in [1.29, 1.82) is 0 Å². The predicted molar refractivity (Wildman–Crippen MR) is 165 cm³/mol. The molecule has 5 rings (SSSR count). The molecule has 0 fully saturated rings. The van der Waals surface area contributed by atoms with Crippen LogP contribution in [0.2, 0.25) is 10.0 Å². The summed E-state index contributed by atoms with van der Waals surface area (Å²) in [7, 11) is 1.56. The van der Waals surface area contributed by atoms with Crippen molar-refractivity contribution >= 4 is 35.3 Å². The van der Waals surface area contributed by atoms with Gasteiger partial charge in [0.2, 0.25) is 0 Å². The zero-order valence-corrected chi connectivity index (χ0v) is 24.0. The summed E-state index contributed by atoms with van der Waals surface area (Å²) in [5.41, 5.74) is 8.91. The van der Waals surface area contributed by atoms with E-state index in [1.54, 1.807) is 49.7 Å². The van der Waals surface area contributed by atoms with Gasteiger partial charge in [-0.2, -0.15) is 5.10 Å². The van der Waals surface area contributed by atoms with Crippen LogP contribution in [-0.2, 0) is 6.61 Å². The fourth-order valence-electron chi connectivity index (χ4n) is 4.39. The summed E-state index contributed by atoms with van der Waals surface area (Å²) < 4.78 is 13.5. The standard InChI is InChI=1S/C33H27Cl2N3O3/c1-22-8-16-30(24-6-4-3-5-7-24)38(22)28-14-11-25(12-15-28)33(39)37-36-20-23-9-17-31(32(18-23)40-2)41-21-26-10-13-27(34)19-29(26)35/h3-20H,21H2,1-2H3,(H,37,39)/b36-20+. The third kappa shape index (κ3) is 6.62. The molecule has 0 atom stereocenters. The number of nitrogens with one attached hydrogen (secondary N) is 1. The Morgan fingerprint density at radius 3 is 2.41 bits per heavy atom. The van der Waals surface area contributed by atoms with Crippen LogP contribution >= 0.6 is 23.2 Å². The Hall–Kier alpha value is -4.52. The van der Waals surface area contributed by atoms with Crippen molar-refractivity contribution in [3.63, 3.8) is 0 Å². The number of nitrogens with zero attached hydrogens (tertiary/aromatic N) is 2. The van der Waals surface area contributed by atoms with Crippen LogP contribution in [0.4, 0.5) is 0 Å². The number of carbonyl (C=O) groups excluding carboxylic acids is 1. The number of halogens is 2. The van der Waals surface area contributed by atoms with E-state index in [2.05, 4.69) is 46.3 Å². The van der Waals surface area contributed by atoms with E-state index in [-0.39, 0.29) is 12.5 Å². The molecule has 0 aliphatic rings. The molecule has 1 amide bonds. The summed E-state index contributed by atoms with van der Waals surface area (Å²) in [6.07, 6.45) is 1.55. The van der Waals surface area contributed by atoms with E-state index in [1.807, 2.05) is 42.5 Å². The maximum absolute atomic E-state index is 12.7. The van der Waals surface area contributed by atoms with Crippen molar-refractivity contribution in [3.8, 4) is 28.4 Å². The number of ether oxygens (including phenoxy) is 2. The first-order valence-electron chi connectivity index (χ1n) is 12.9. The van der Waals surface area contributed by atoms with Gasteiger partial charge >= 0.3 is 0 Å². The second-order valence-electron chi connectivity index (χ2n) is 9.24. The van der Waals surface area contributed by atoms with Crippen molar-refractivity contribution in [2.75, 3.05) is 7.11 Å². The Morgan fingerprint density at radius 1 is 0.902 bits per heavy atom. The monoisotopic (exact) mass is 583 g/mol. The van der Waals surface area contributed by atoms with Gasteiger partial charge in [-0.05, 0) is 84.8 Å². The summed E-state index contributed by atoms with van der Waals surface area (Å²) in [5.74, 6) is 0.761. The molecule has 0 bridgehead atoms. The molecule has 1 N–H and O–H groups in total. The summed E-state index contributed by atoms with van der Waals surface area (Å²) in [5, 5.41) is 5.21. The molecule has 0 saturated heterocycles. The van der Waals surface area contributed by atoms with Crippen LogP contribution in [0.3, 0.4) is 0 Å². The van der Waals surface area contributed by atoms with Gasteiger partial charge in [-0.1, -0.05) is 59.6 Å². The number of methoxy groups -OCH3 is 1. The molecule has 4 aromatic carbocycles. The normalized spacial score (nSPS) is 11.0.